The van der Waals surface area contributed by atoms with Gasteiger partial charge in [0.05, 0.1) is 0 Å². The van der Waals surface area contributed by atoms with Gasteiger partial charge in [0.15, 0.2) is 0 Å². The Bertz CT molecular complexity index is 388. The molecular formula is C16H25BrN2. The van der Waals surface area contributed by atoms with Crippen LogP contribution in [0.5, 0.6) is 0 Å². The number of hydrogen-bond donors (Lipinski definition) is 1. The number of likely N-dealkylation sites (tertiary alicyclic amines) is 1. The minimum Gasteiger partial charge on any atom is -0.310 e. The maximum atomic E-state index is 3.68. The zero-order valence-electron chi connectivity index (χ0n) is 12.2. The molecule has 19 heavy (non-hydrogen) atoms. The predicted molar refractivity (Wildman–Crippen MR) is 85.4 cm³/mol. The highest BCUT2D eigenvalue weighted by Crippen LogP contribution is 2.20. The second-order valence-electron chi connectivity index (χ2n) is 5.92. The molecule has 0 amide bonds. The molecule has 0 spiro atoms. The molecule has 106 valence electrons. The molecule has 1 aliphatic rings. The van der Waals surface area contributed by atoms with Crippen molar-refractivity contribution in [1.82, 2.24) is 10.2 Å². The molecule has 0 radical (unpaired) electrons. The van der Waals surface area contributed by atoms with Gasteiger partial charge in [-0.25, -0.2) is 0 Å². The first kappa shape index (κ1) is 15.0. The number of hydrogen-bond acceptors (Lipinski definition) is 2. The smallest absolute Gasteiger partial charge is 0.0291 e. The van der Waals surface area contributed by atoms with E-state index in [0.29, 0.717) is 12.1 Å². The molecule has 1 fully saturated rings. The van der Waals surface area contributed by atoms with E-state index in [1.807, 2.05) is 0 Å². The first-order valence-electron chi connectivity index (χ1n) is 7.29. The van der Waals surface area contributed by atoms with Crippen molar-refractivity contribution >= 4 is 15.9 Å². The summed E-state index contributed by atoms with van der Waals surface area (Å²) in [6.45, 7) is 10.5. The van der Waals surface area contributed by atoms with E-state index >= 15 is 0 Å². The van der Waals surface area contributed by atoms with Crippen LogP contribution in [-0.4, -0.2) is 30.6 Å². The van der Waals surface area contributed by atoms with Gasteiger partial charge in [0, 0.05) is 23.1 Å². The predicted octanol–water partition coefficient (Wildman–Crippen LogP) is 3.83. The largest absolute Gasteiger partial charge is 0.310 e. The second kappa shape index (κ2) is 6.87. The second-order valence-corrected chi connectivity index (χ2v) is 6.84. The summed E-state index contributed by atoms with van der Waals surface area (Å²) in [5, 5.41) is 3.68. The van der Waals surface area contributed by atoms with Crippen molar-refractivity contribution in [3.63, 3.8) is 0 Å². The van der Waals surface area contributed by atoms with Crippen LogP contribution in [0.15, 0.2) is 28.7 Å². The van der Waals surface area contributed by atoms with E-state index in [0.717, 1.165) is 16.9 Å². The monoisotopic (exact) mass is 324 g/mol. The van der Waals surface area contributed by atoms with Crippen LogP contribution in [0.25, 0.3) is 0 Å². The maximum absolute atomic E-state index is 3.68. The third-order valence-corrected chi connectivity index (χ3v) is 4.66. The summed E-state index contributed by atoms with van der Waals surface area (Å²) in [5.41, 5.74) is 1.36. The van der Waals surface area contributed by atoms with Crippen LogP contribution < -0.4 is 5.32 Å². The lowest BCUT2D eigenvalue weighted by Crippen LogP contribution is -2.31. The van der Waals surface area contributed by atoms with Gasteiger partial charge in [-0.1, -0.05) is 28.1 Å². The summed E-state index contributed by atoms with van der Waals surface area (Å²) in [4.78, 5) is 2.58. The molecule has 0 bridgehead atoms. The van der Waals surface area contributed by atoms with Gasteiger partial charge in [-0.05, 0) is 63.9 Å². The average molecular weight is 325 g/mol. The normalized spacial score (nSPS) is 22.1. The summed E-state index contributed by atoms with van der Waals surface area (Å²) in [5.74, 6) is 0.806. The third-order valence-electron chi connectivity index (χ3n) is 4.13. The zero-order chi connectivity index (χ0) is 13.8. The van der Waals surface area contributed by atoms with E-state index in [1.165, 1.54) is 25.1 Å². The number of nitrogens with zero attached hydrogens (tertiary/aromatic N) is 1. The van der Waals surface area contributed by atoms with Crippen molar-refractivity contribution < 1.29 is 0 Å². The van der Waals surface area contributed by atoms with Crippen LogP contribution >= 0.6 is 15.9 Å². The Morgan fingerprint density at radius 3 is 2.53 bits per heavy atom. The summed E-state index contributed by atoms with van der Waals surface area (Å²) in [7, 11) is 0. The molecule has 1 aromatic carbocycles. The molecule has 2 unspecified atom stereocenters. The van der Waals surface area contributed by atoms with Gasteiger partial charge >= 0.3 is 0 Å². The highest BCUT2D eigenvalue weighted by molar-refractivity contribution is 9.10. The van der Waals surface area contributed by atoms with Gasteiger partial charge in [0.2, 0.25) is 0 Å². The molecule has 1 aliphatic heterocycles. The highest BCUT2D eigenvalue weighted by Gasteiger charge is 2.24. The summed E-state index contributed by atoms with van der Waals surface area (Å²) in [6.07, 6.45) is 1.33. The van der Waals surface area contributed by atoms with Crippen LogP contribution in [0.3, 0.4) is 0 Å². The van der Waals surface area contributed by atoms with Crippen LogP contribution in [0.2, 0.25) is 0 Å². The fraction of sp³-hybridized carbons (Fsp3) is 0.625. The van der Waals surface area contributed by atoms with E-state index in [9.17, 15) is 0 Å². The minimum absolute atomic E-state index is 0.432. The van der Waals surface area contributed by atoms with Crippen LogP contribution in [-0.2, 0) is 0 Å². The topological polar surface area (TPSA) is 15.3 Å². The Morgan fingerprint density at radius 1 is 1.26 bits per heavy atom. The molecule has 2 nitrogen and oxygen atoms in total. The summed E-state index contributed by atoms with van der Waals surface area (Å²) < 4.78 is 1.15. The lowest BCUT2D eigenvalue weighted by atomic mass is 10.1. The van der Waals surface area contributed by atoms with Gasteiger partial charge in [-0.2, -0.15) is 0 Å². The molecule has 1 heterocycles. The van der Waals surface area contributed by atoms with E-state index in [-0.39, 0.29) is 0 Å². The Balaban J connectivity index is 1.78. The maximum Gasteiger partial charge on any atom is 0.0291 e. The van der Waals surface area contributed by atoms with Crippen molar-refractivity contribution in [2.75, 3.05) is 19.6 Å². The number of rotatable bonds is 5. The molecule has 3 heteroatoms. The quantitative estimate of drug-likeness (QED) is 0.885. The van der Waals surface area contributed by atoms with E-state index in [1.54, 1.807) is 0 Å². The minimum atomic E-state index is 0.432. The molecule has 0 saturated carbocycles. The van der Waals surface area contributed by atoms with E-state index in [4.69, 9.17) is 0 Å². The van der Waals surface area contributed by atoms with Gasteiger partial charge < -0.3 is 10.2 Å². The lowest BCUT2D eigenvalue weighted by molar-refractivity contribution is 0.263. The molecule has 2 rings (SSSR count). The average Bonchev–Trinajstić information content (AvgIpc) is 2.86. The van der Waals surface area contributed by atoms with Gasteiger partial charge in [0.25, 0.3) is 0 Å². The van der Waals surface area contributed by atoms with Crippen molar-refractivity contribution in [3.8, 4) is 0 Å². The van der Waals surface area contributed by atoms with E-state index < -0.39 is 0 Å². The van der Waals surface area contributed by atoms with Crippen molar-refractivity contribution in [2.24, 2.45) is 5.92 Å². The fourth-order valence-corrected chi connectivity index (χ4v) is 2.98. The van der Waals surface area contributed by atoms with Crippen molar-refractivity contribution in [2.45, 2.75) is 39.3 Å². The molecule has 2 atom stereocenters. The molecule has 1 N–H and O–H groups in total. The van der Waals surface area contributed by atoms with Crippen LogP contribution in [0.1, 0.15) is 38.8 Å². The molecule has 0 aliphatic carbocycles. The Kier molecular flexibility index (Phi) is 5.43. The van der Waals surface area contributed by atoms with Gasteiger partial charge in [-0.15, -0.1) is 0 Å². The molecule has 0 aromatic heterocycles. The highest BCUT2D eigenvalue weighted by atomic mass is 79.9. The van der Waals surface area contributed by atoms with Crippen molar-refractivity contribution in [3.05, 3.63) is 34.3 Å². The molecular weight excluding hydrogens is 300 g/mol. The number of nitrogens with one attached hydrogen (secondary N) is 1. The van der Waals surface area contributed by atoms with Crippen LogP contribution in [0.4, 0.5) is 0 Å². The SMILES string of the molecule is CC(NCC1CCN(C(C)C)C1)c1ccc(Br)cc1. The third kappa shape index (κ3) is 4.30. The van der Waals surface area contributed by atoms with Gasteiger partial charge in [0.1, 0.15) is 0 Å². The number of benzene rings is 1. The lowest BCUT2D eigenvalue weighted by Gasteiger charge is -2.21. The van der Waals surface area contributed by atoms with Gasteiger partial charge in [-0.3, -0.25) is 0 Å². The molecule has 1 saturated heterocycles. The Labute approximate surface area is 125 Å². The fourth-order valence-electron chi connectivity index (χ4n) is 2.71. The van der Waals surface area contributed by atoms with Crippen molar-refractivity contribution in [1.29, 1.82) is 0 Å². The zero-order valence-corrected chi connectivity index (χ0v) is 13.8. The standard InChI is InChI=1S/C16H25BrN2/c1-12(2)19-9-8-14(11-19)10-18-13(3)15-4-6-16(17)7-5-15/h4-7,12-14,18H,8-11H2,1-3H3. The number of halogens is 1. The Morgan fingerprint density at radius 2 is 1.95 bits per heavy atom. The first-order chi connectivity index (χ1) is 9.06. The summed E-state index contributed by atoms with van der Waals surface area (Å²) >= 11 is 3.48. The molecule has 1 aromatic rings. The summed E-state index contributed by atoms with van der Waals surface area (Å²) in [6, 6.07) is 9.73. The van der Waals surface area contributed by atoms with E-state index in [2.05, 4.69) is 71.2 Å². The Hall–Kier alpha value is -0.380. The van der Waals surface area contributed by atoms with Crippen LogP contribution in [0, 0.1) is 5.92 Å². The first-order valence-corrected chi connectivity index (χ1v) is 8.08.